The molecule has 0 heterocycles. The molecule has 0 aromatic carbocycles. The molecule has 7 heteroatoms. The molecular formula is C13H24F3NO3. The van der Waals surface area contributed by atoms with Gasteiger partial charge in [-0.15, -0.1) is 0 Å². The van der Waals surface area contributed by atoms with Crippen molar-refractivity contribution in [3.63, 3.8) is 0 Å². The van der Waals surface area contributed by atoms with E-state index in [0.717, 1.165) is 7.11 Å². The van der Waals surface area contributed by atoms with Crippen molar-refractivity contribution in [3.8, 4) is 0 Å². The number of aliphatic hydroxyl groups excluding tert-OH is 1. The second-order valence-electron chi connectivity index (χ2n) is 5.52. The molecule has 0 rings (SSSR count). The Balaban J connectivity index is 5.29. The maximum Gasteiger partial charge on any atom is 0.404 e. The summed E-state index contributed by atoms with van der Waals surface area (Å²) >= 11 is 0. The molecule has 0 aliphatic carbocycles. The molecule has 0 saturated heterocycles. The Bertz CT molecular complexity index is 306. The van der Waals surface area contributed by atoms with Crippen LogP contribution in [0.5, 0.6) is 0 Å². The Kier molecular flexibility index (Phi) is 7.51. The van der Waals surface area contributed by atoms with Crippen LogP contribution in [0.1, 0.15) is 27.7 Å². The first kappa shape index (κ1) is 19.2. The van der Waals surface area contributed by atoms with E-state index in [1.807, 2.05) is 0 Å². The highest BCUT2D eigenvalue weighted by Gasteiger charge is 2.47. The van der Waals surface area contributed by atoms with Crippen LogP contribution in [0, 0.1) is 17.8 Å². The van der Waals surface area contributed by atoms with E-state index < -0.39 is 36.8 Å². The van der Waals surface area contributed by atoms with Crippen molar-refractivity contribution in [2.24, 2.45) is 17.8 Å². The van der Waals surface area contributed by atoms with Crippen molar-refractivity contribution >= 4 is 5.97 Å². The fourth-order valence-electron chi connectivity index (χ4n) is 2.02. The number of methoxy groups -OCH3 is 1. The monoisotopic (exact) mass is 299 g/mol. The summed E-state index contributed by atoms with van der Waals surface area (Å²) in [6.07, 6.45) is -4.56. The minimum absolute atomic E-state index is 0.362. The zero-order valence-corrected chi connectivity index (χ0v) is 12.5. The lowest BCUT2D eigenvalue weighted by molar-refractivity contribution is -0.180. The van der Waals surface area contributed by atoms with Gasteiger partial charge in [0.05, 0.1) is 7.11 Å². The van der Waals surface area contributed by atoms with Crippen molar-refractivity contribution in [1.29, 1.82) is 0 Å². The number of hydrogen-bond donors (Lipinski definition) is 2. The predicted molar refractivity (Wildman–Crippen MR) is 69.0 cm³/mol. The third-order valence-electron chi connectivity index (χ3n) is 3.33. The number of carbonyl (C=O) groups is 1. The van der Waals surface area contributed by atoms with Crippen LogP contribution >= 0.6 is 0 Å². The molecule has 0 aliphatic heterocycles. The summed E-state index contributed by atoms with van der Waals surface area (Å²) in [7, 11) is 1.13. The molecule has 3 atom stereocenters. The lowest BCUT2D eigenvalue weighted by Crippen LogP contribution is -2.57. The summed E-state index contributed by atoms with van der Waals surface area (Å²) in [5.41, 5.74) is 0. The Hall–Kier alpha value is -0.820. The van der Waals surface area contributed by atoms with Crippen molar-refractivity contribution in [2.45, 2.75) is 46.0 Å². The van der Waals surface area contributed by atoms with Gasteiger partial charge in [-0.3, -0.25) is 10.1 Å². The van der Waals surface area contributed by atoms with Crippen LogP contribution < -0.4 is 5.32 Å². The predicted octanol–water partition coefficient (Wildman–Crippen LogP) is 1.97. The quantitative estimate of drug-likeness (QED) is 0.706. The lowest BCUT2D eigenvalue weighted by atomic mass is 9.87. The third kappa shape index (κ3) is 5.28. The fourth-order valence-corrected chi connectivity index (χ4v) is 2.02. The summed E-state index contributed by atoms with van der Waals surface area (Å²) in [4.78, 5) is 11.6. The van der Waals surface area contributed by atoms with E-state index in [9.17, 15) is 23.1 Å². The van der Waals surface area contributed by atoms with Gasteiger partial charge in [-0.1, -0.05) is 27.7 Å². The van der Waals surface area contributed by atoms with Crippen LogP contribution in [-0.4, -0.2) is 43.1 Å². The molecule has 0 unspecified atom stereocenters. The number of ether oxygens (including phenoxy) is 1. The van der Waals surface area contributed by atoms with E-state index in [1.165, 1.54) is 0 Å². The van der Waals surface area contributed by atoms with Crippen LogP contribution in [-0.2, 0) is 9.53 Å². The summed E-state index contributed by atoms with van der Waals surface area (Å²) < 4.78 is 44.1. The number of halogens is 3. The van der Waals surface area contributed by atoms with Gasteiger partial charge in [0.1, 0.15) is 12.1 Å². The number of alkyl halides is 3. The lowest BCUT2D eigenvalue weighted by Gasteiger charge is -2.34. The standard InChI is InChI=1S/C13H24F3NO3/c1-7(2)9(6-18)11(13(14,15)16)17-10(8(3)4)12(19)20-5/h7-11,17-18H,6H2,1-5H3/t9-,10-,11-/m0/s1. The molecule has 2 N–H and O–H groups in total. The summed E-state index contributed by atoms with van der Waals surface area (Å²) in [5.74, 6) is -2.51. The Morgan fingerprint density at radius 3 is 1.95 bits per heavy atom. The average molecular weight is 299 g/mol. The maximum atomic E-state index is 13.2. The van der Waals surface area contributed by atoms with Crippen molar-refractivity contribution < 1.29 is 27.8 Å². The highest BCUT2D eigenvalue weighted by Crippen LogP contribution is 2.30. The van der Waals surface area contributed by atoms with Crippen LogP contribution in [0.3, 0.4) is 0 Å². The molecule has 0 aromatic heterocycles. The van der Waals surface area contributed by atoms with E-state index in [0.29, 0.717) is 0 Å². The Morgan fingerprint density at radius 1 is 1.20 bits per heavy atom. The summed E-state index contributed by atoms with van der Waals surface area (Å²) in [6.45, 7) is 5.85. The first-order valence-electron chi connectivity index (χ1n) is 6.57. The first-order valence-corrected chi connectivity index (χ1v) is 6.57. The van der Waals surface area contributed by atoms with Gasteiger partial charge in [0.25, 0.3) is 0 Å². The molecule has 4 nitrogen and oxygen atoms in total. The van der Waals surface area contributed by atoms with Gasteiger partial charge in [-0.2, -0.15) is 13.2 Å². The molecule has 0 fully saturated rings. The van der Waals surface area contributed by atoms with E-state index >= 15 is 0 Å². The van der Waals surface area contributed by atoms with Crippen molar-refractivity contribution in [2.75, 3.05) is 13.7 Å². The summed E-state index contributed by atoms with van der Waals surface area (Å²) in [5, 5.41) is 11.5. The second-order valence-corrected chi connectivity index (χ2v) is 5.52. The molecule has 0 radical (unpaired) electrons. The van der Waals surface area contributed by atoms with Crippen molar-refractivity contribution in [3.05, 3.63) is 0 Å². The minimum Gasteiger partial charge on any atom is -0.468 e. The molecule has 120 valence electrons. The Labute approximate surface area is 117 Å². The molecule has 0 amide bonds. The Morgan fingerprint density at radius 2 is 1.70 bits per heavy atom. The smallest absolute Gasteiger partial charge is 0.404 e. The molecule has 20 heavy (non-hydrogen) atoms. The molecule has 0 spiro atoms. The van der Waals surface area contributed by atoms with Crippen LogP contribution in [0.15, 0.2) is 0 Å². The van der Waals surface area contributed by atoms with E-state index in [4.69, 9.17) is 0 Å². The zero-order valence-electron chi connectivity index (χ0n) is 12.5. The zero-order chi connectivity index (χ0) is 16.1. The number of rotatable bonds is 7. The highest BCUT2D eigenvalue weighted by molar-refractivity contribution is 5.76. The van der Waals surface area contributed by atoms with E-state index in [-0.39, 0.29) is 11.8 Å². The minimum atomic E-state index is -4.56. The van der Waals surface area contributed by atoms with Crippen LogP contribution in [0.25, 0.3) is 0 Å². The van der Waals surface area contributed by atoms with Gasteiger partial charge in [-0.25, -0.2) is 0 Å². The topological polar surface area (TPSA) is 58.6 Å². The van der Waals surface area contributed by atoms with Gasteiger partial charge in [0.2, 0.25) is 0 Å². The van der Waals surface area contributed by atoms with Crippen molar-refractivity contribution in [1.82, 2.24) is 5.32 Å². The van der Waals surface area contributed by atoms with E-state index in [2.05, 4.69) is 10.1 Å². The van der Waals surface area contributed by atoms with Gasteiger partial charge >= 0.3 is 12.1 Å². The van der Waals surface area contributed by atoms with Gasteiger partial charge < -0.3 is 9.84 Å². The summed E-state index contributed by atoms with van der Waals surface area (Å²) in [6, 6.07) is -3.03. The van der Waals surface area contributed by atoms with Gasteiger partial charge in [0, 0.05) is 12.5 Å². The molecule has 0 saturated carbocycles. The SMILES string of the molecule is COC(=O)[C@@H](N[C@@H]([C@@H](CO)C(C)C)C(F)(F)F)C(C)C. The number of esters is 1. The largest absolute Gasteiger partial charge is 0.468 e. The van der Waals surface area contributed by atoms with Crippen LogP contribution in [0.2, 0.25) is 0 Å². The fraction of sp³-hybridized carbons (Fsp3) is 0.923. The van der Waals surface area contributed by atoms with Gasteiger partial charge in [-0.05, 0) is 11.8 Å². The van der Waals surface area contributed by atoms with Gasteiger partial charge in [0.15, 0.2) is 0 Å². The number of hydrogen-bond acceptors (Lipinski definition) is 4. The third-order valence-corrected chi connectivity index (χ3v) is 3.33. The van der Waals surface area contributed by atoms with E-state index in [1.54, 1.807) is 27.7 Å². The molecule has 0 aliphatic rings. The highest BCUT2D eigenvalue weighted by atomic mass is 19.4. The molecule has 0 aromatic rings. The molecule has 0 bridgehead atoms. The molecular weight excluding hydrogens is 275 g/mol. The first-order chi connectivity index (χ1) is 9.06. The number of aliphatic hydroxyl groups is 1. The number of carbonyl (C=O) groups excluding carboxylic acids is 1. The maximum absolute atomic E-state index is 13.2. The second kappa shape index (κ2) is 7.83. The normalized spacial score (nSPS) is 17.1. The average Bonchev–Trinajstić information content (AvgIpc) is 2.30. The van der Waals surface area contributed by atoms with Crippen LogP contribution in [0.4, 0.5) is 13.2 Å². The number of nitrogens with one attached hydrogen (secondary N) is 1.